The van der Waals surface area contributed by atoms with E-state index < -0.39 is 22.0 Å². The molecule has 190 valence electrons. The Hall–Kier alpha value is -2.82. The second-order valence-electron chi connectivity index (χ2n) is 7.77. The van der Waals surface area contributed by atoms with Crippen molar-refractivity contribution in [1.29, 1.82) is 0 Å². The molecule has 2 amide bonds. The second kappa shape index (κ2) is 15.2. The molecule has 12 heteroatoms. The highest BCUT2D eigenvalue weighted by Gasteiger charge is 2.25. The number of carbonyl (C=O) groups excluding carboxylic acids is 2. The van der Waals surface area contributed by atoms with Crippen LogP contribution in [0.2, 0.25) is 0 Å². The smallest absolute Gasteiger partial charge is 0.416 e. The van der Waals surface area contributed by atoms with E-state index in [1.807, 2.05) is 13.8 Å². The zero-order valence-electron chi connectivity index (χ0n) is 20.3. The summed E-state index contributed by atoms with van der Waals surface area (Å²) < 4.78 is 34.4. The molecule has 1 aromatic carbocycles. The Balaban J connectivity index is 2.93. The largest absolute Gasteiger partial charge is 0.445 e. The van der Waals surface area contributed by atoms with Crippen molar-refractivity contribution in [2.24, 2.45) is 5.11 Å². The molecule has 1 aromatic rings. The first kappa shape index (κ1) is 29.2. The maximum atomic E-state index is 12.9. The number of unbranched alkanes of at least 4 members (excludes halogenated alkanes) is 2. The monoisotopic (exact) mass is 497 g/mol. The Morgan fingerprint density at radius 3 is 2.29 bits per heavy atom. The molecular formula is C22H35N5O6S. The number of anilines is 1. The van der Waals surface area contributed by atoms with Crippen LogP contribution in [-0.4, -0.2) is 76.9 Å². The highest BCUT2D eigenvalue weighted by Crippen LogP contribution is 2.19. The summed E-state index contributed by atoms with van der Waals surface area (Å²) >= 11 is 0. The number of benzene rings is 1. The molecule has 1 unspecified atom stereocenters. The highest BCUT2D eigenvalue weighted by atomic mass is 32.2. The van der Waals surface area contributed by atoms with Gasteiger partial charge in [0, 0.05) is 49.2 Å². The minimum absolute atomic E-state index is 0.105. The van der Waals surface area contributed by atoms with Crippen LogP contribution in [0.3, 0.4) is 0 Å². The molecule has 1 atom stereocenters. The van der Waals surface area contributed by atoms with E-state index in [1.54, 1.807) is 29.2 Å². The van der Waals surface area contributed by atoms with E-state index in [1.165, 1.54) is 12.0 Å². The number of amides is 2. The summed E-state index contributed by atoms with van der Waals surface area (Å²) in [5, 5.41) is 3.46. The van der Waals surface area contributed by atoms with Gasteiger partial charge in [-0.05, 0) is 62.9 Å². The molecular weight excluding hydrogens is 462 g/mol. The molecule has 0 aromatic heterocycles. The molecule has 0 spiro atoms. The molecule has 0 radical (unpaired) electrons. The lowest BCUT2D eigenvalue weighted by atomic mass is 10.1. The Labute approximate surface area is 201 Å². The lowest BCUT2D eigenvalue weighted by Crippen LogP contribution is -2.38. The third kappa shape index (κ3) is 10.4. The van der Waals surface area contributed by atoms with Gasteiger partial charge in [0.1, 0.15) is 12.8 Å². The van der Waals surface area contributed by atoms with Crippen LogP contribution in [0.5, 0.6) is 0 Å². The van der Waals surface area contributed by atoms with Crippen LogP contribution in [0.15, 0.2) is 29.4 Å². The van der Waals surface area contributed by atoms with Gasteiger partial charge in [-0.25, -0.2) is 13.2 Å². The molecule has 0 aliphatic carbocycles. The highest BCUT2D eigenvalue weighted by molar-refractivity contribution is 7.90. The van der Waals surface area contributed by atoms with E-state index in [4.69, 9.17) is 15.0 Å². The van der Waals surface area contributed by atoms with E-state index in [9.17, 15) is 18.0 Å². The molecule has 0 heterocycles. The molecule has 0 fully saturated rings. The van der Waals surface area contributed by atoms with E-state index in [-0.39, 0.29) is 18.4 Å². The fourth-order valence-corrected chi connectivity index (χ4v) is 4.25. The lowest BCUT2D eigenvalue weighted by molar-refractivity contribution is 0.0773. The maximum Gasteiger partial charge on any atom is 0.416 e. The van der Waals surface area contributed by atoms with Crippen molar-refractivity contribution >= 4 is 27.5 Å². The van der Waals surface area contributed by atoms with Gasteiger partial charge in [0.25, 0.3) is 5.91 Å². The number of hydrogen-bond donors (Lipinski definition) is 0. The Bertz CT molecular complexity index is 928. The number of methoxy groups -OCH3 is 1. The van der Waals surface area contributed by atoms with Crippen molar-refractivity contribution in [3.63, 3.8) is 0 Å². The summed E-state index contributed by atoms with van der Waals surface area (Å²) in [7, 11) is -1.96. The first-order valence-electron chi connectivity index (χ1n) is 11.2. The second-order valence-corrected chi connectivity index (χ2v) is 9.96. The van der Waals surface area contributed by atoms with Gasteiger partial charge in [0.2, 0.25) is 0 Å². The molecule has 34 heavy (non-hydrogen) atoms. The summed E-state index contributed by atoms with van der Waals surface area (Å²) in [6.07, 6.45) is 1.86. The minimum Gasteiger partial charge on any atom is -0.445 e. The predicted molar refractivity (Wildman–Crippen MR) is 131 cm³/mol. The van der Waals surface area contributed by atoms with Crippen molar-refractivity contribution in [1.82, 2.24) is 4.90 Å². The lowest BCUT2D eigenvalue weighted by Gasteiger charge is -2.25. The number of ether oxygens (including phenoxy) is 2. The van der Waals surface area contributed by atoms with E-state index >= 15 is 0 Å². The zero-order chi connectivity index (χ0) is 25.6. The van der Waals surface area contributed by atoms with Crippen molar-refractivity contribution < 1.29 is 27.5 Å². The van der Waals surface area contributed by atoms with Gasteiger partial charge in [0.15, 0.2) is 9.84 Å². The molecule has 0 aliphatic heterocycles. The third-order valence-corrected chi connectivity index (χ3v) is 6.04. The first-order valence-corrected chi connectivity index (χ1v) is 13.3. The quantitative estimate of drug-likeness (QED) is 0.118. The number of azide groups is 1. The van der Waals surface area contributed by atoms with Crippen LogP contribution in [0.4, 0.5) is 10.5 Å². The number of carbonyl (C=O) groups is 2. The van der Waals surface area contributed by atoms with Crippen LogP contribution in [0.1, 0.15) is 49.9 Å². The summed E-state index contributed by atoms with van der Waals surface area (Å²) in [5.41, 5.74) is 9.27. The summed E-state index contributed by atoms with van der Waals surface area (Å²) in [5.74, 6) is -0.404. The average Bonchev–Trinajstić information content (AvgIpc) is 2.79. The van der Waals surface area contributed by atoms with Gasteiger partial charge in [-0.2, -0.15) is 0 Å². The summed E-state index contributed by atoms with van der Waals surface area (Å²) in [6, 6.07) is 6.50. The minimum atomic E-state index is -3.39. The van der Waals surface area contributed by atoms with Crippen LogP contribution in [0, 0.1) is 0 Å². The number of rotatable bonds is 15. The SMILES string of the molecule is CCN(CC)C(=O)c1ccc(N(COC)C(=O)OC(CCCCCN=[N+]=[N-])CS(C)(=O)=O)cc1. The maximum absolute atomic E-state index is 12.9. The number of nitrogens with zero attached hydrogens (tertiary/aromatic N) is 5. The molecule has 1 rings (SSSR count). The Morgan fingerprint density at radius 2 is 1.76 bits per heavy atom. The van der Waals surface area contributed by atoms with Gasteiger partial charge in [-0.1, -0.05) is 11.5 Å². The average molecular weight is 498 g/mol. The van der Waals surface area contributed by atoms with Gasteiger partial charge in [-0.15, -0.1) is 0 Å². The fraction of sp³-hybridized carbons (Fsp3) is 0.636. The number of sulfone groups is 1. The normalized spacial score (nSPS) is 11.9. The van der Waals surface area contributed by atoms with Crippen LogP contribution in [0.25, 0.3) is 10.4 Å². The van der Waals surface area contributed by atoms with Crippen molar-refractivity contribution in [3.05, 3.63) is 40.3 Å². The van der Waals surface area contributed by atoms with Crippen molar-refractivity contribution in [3.8, 4) is 0 Å². The Morgan fingerprint density at radius 1 is 1.12 bits per heavy atom. The Kier molecular flexibility index (Phi) is 13.0. The first-order chi connectivity index (χ1) is 16.2. The fourth-order valence-electron chi connectivity index (χ4n) is 3.34. The molecule has 0 saturated heterocycles. The van der Waals surface area contributed by atoms with Crippen molar-refractivity contribution in [2.75, 3.05) is 50.4 Å². The molecule has 11 nitrogen and oxygen atoms in total. The van der Waals surface area contributed by atoms with Crippen LogP contribution >= 0.6 is 0 Å². The zero-order valence-corrected chi connectivity index (χ0v) is 21.2. The molecule has 0 N–H and O–H groups in total. The van der Waals surface area contributed by atoms with Gasteiger partial charge in [0.05, 0.1) is 5.75 Å². The predicted octanol–water partition coefficient (Wildman–Crippen LogP) is 4.00. The van der Waals surface area contributed by atoms with Crippen molar-refractivity contribution in [2.45, 2.75) is 45.6 Å². The summed E-state index contributed by atoms with van der Waals surface area (Å²) in [4.78, 5) is 31.1. The summed E-state index contributed by atoms with van der Waals surface area (Å²) in [6.45, 7) is 5.23. The van der Waals surface area contributed by atoms with Gasteiger partial charge < -0.3 is 14.4 Å². The topological polar surface area (TPSA) is 142 Å². The van der Waals surface area contributed by atoms with Gasteiger partial charge >= 0.3 is 6.09 Å². The van der Waals surface area contributed by atoms with Gasteiger partial charge in [-0.3, -0.25) is 9.69 Å². The van der Waals surface area contributed by atoms with E-state index in [0.717, 1.165) is 6.26 Å². The van der Waals surface area contributed by atoms with Crippen LogP contribution < -0.4 is 4.90 Å². The van der Waals surface area contributed by atoms with E-state index in [0.29, 0.717) is 56.6 Å². The van der Waals surface area contributed by atoms with E-state index in [2.05, 4.69) is 10.0 Å². The third-order valence-electron chi connectivity index (χ3n) is 5.06. The van der Waals surface area contributed by atoms with Crippen LogP contribution in [-0.2, 0) is 19.3 Å². The molecule has 0 aliphatic rings. The molecule has 0 bridgehead atoms. The standard InChI is InChI=1S/C22H35N5O6S/c1-5-26(6-2)21(28)18-11-13-19(14-12-18)27(17-32-3)22(29)33-20(16-34(4,30)31)10-8-7-9-15-24-25-23/h11-14,20H,5-10,15-17H2,1-4H3. The number of hydrogen-bond acceptors (Lipinski definition) is 7. The molecule has 0 saturated carbocycles.